The number of esters is 2. The molecule has 0 aliphatic heterocycles. The van der Waals surface area contributed by atoms with Crippen LogP contribution in [0.25, 0.3) is 0 Å². The van der Waals surface area contributed by atoms with E-state index in [4.69, 9.17) is 24.8 Å². The summed E-state index contributed by atoms with van der Waals surface area (Å²) in [5.74, 6) is -2.38. The van der Waals surface area contributed by atoms with E-state index in [0.717, 1.165) is 44.9 Å². The summed E-state index contributed by atoms with van der Waals surface area (Å²) in [6, 6.07) is -1.52. The number of carboxylic acid groups (broad SMARTS) is 1. The molecule has 0 heterocycles. The lowest BCUT2D eigenvalue weighted by Gasteiger charge is -2.20. The molecule has 0 aliphatic rings. The molecular formula is C37H70NO10P. The predicted octanol–water partition coefficient (Wildman–Crippen LogP) is 9.34. The summed E-state index contributed by atoms with van der Waals surface area (Å²) >= 11 is 0. The van der Waals surface area contributed by atoms with Gasteiger partial charge >= 0.3 is 25.7 Å². The van der Waals surface area contributed by atoms with E-state index in [1.54, 1.807) is 0 Å². The van der Waals surface area contributed by atoms with Gasteiger partial charge in [-0.15, -0.1) is 0 Å². The molecule has 0 spiro atoms. The first-order valence-electron chi connectivity index (χ1n) is 19.2. The van der Waals surface area contributed by atoms with Gasteiger partial charge < -0.3 is 25.2 Å². The third-order valence-electron chi connectivity index (χ3n) is 8.26. The molecule has 0 aliphatic carbocycles. The Labute approximate surface area is 297 Å². The Morgan fingerprint density at radius 1 is 0.612 bits per heavy atom. The van der Waals surface area contributed by atoms with Gasteiger partial charge in [-0.1, -0.05) is 135 Å². The molecule has 4 N–H and O–H groups in total. The van der Waals surface area contributed by atoms with Gasteiger partial charge in [-0.05, 0) is 38.5 Å². The Balaban J connectivity index is 4.32. The normalized spacial score (nSPS) is 14.0. The van der Waals surface area contributed by atoms with Crippen LogP contribution >= 0.6 is 7.82 Å². The van der Waals surface area contributed by atoms with Gasteiger partial charge in [0, 0.05) is 12.8 Å². The van der Waals surface area contributed by atoms with Gasteiger partial charge in [-0.25, -0.2) is 4.57 Å². The summed E-state index contributed by atoms with van der Waals surface area (Å²) in [4.78, 5) is 45.6. The maximum absolute atomic E-state index is 12.5. The standard InChI is InChI=1S/C37H70NO10P/c1-3-5-7-9-11-13-14-15-16-17-18-19-20-21-23-24-26-28-35(39)45-30-33(31-46-49(43,44)47-32-34(38)37(41)42)48-36(40)29-27-25-22-12-10-8-6-4-2/h15-16,33-34H,3-14,17-32,38H2,1-2H3,(H,41,42)(H,43,44)/b16-15+/t33-,34+/m0/s1. The number of carboxylic acids is 1. The highest BCUT2D eigenvalue weighted by Crippen LogP contribution is 2.43. The molecule has 3 atom stereocenters. The Morgan fingerprint density at radius 2 is 1.02 bits per heavy atom. The second-order valence-electron chi connectivity index (χ2n) is 13.1. The van der Waals surface area contributed by atoms with Gasteiger partial charge in [-0.2, -0.15) is 0 Å². The van der Waals surface area contributed by atoms with Crippen molar-refractivity contribution in [1.82, 2.24) is 0 Å². The lowest BCUT2D eigenvalue weighted by Crippen LogP contribution is -2.34. The quantitative estimate of drug-likeness (QED) is 0.0244. The number of phosphoric ester groups is 1. The molecule has 0 saturated heterocycles. The van der Waals surface area contributed by atoms with Gasteiger partial charge in [0.05, 0.1) is 13.2 Å². The van der Waals surface area contributed by atoms with Crippen molar-refractivity contribution in [2.75, 3.05) is 19.8 Å². The predicted molar refractivity (Wildman–Crippen MR) is 194 cm³/mol. The molecule has 0 radical (unpaired) electrons. The van der Waals surface area contributed by atoms with Crippen LogP contribution in [0, 0.1) is 0 Å². The van der Waals surface area contributed by atoms with E-state index in [9.17, 15) is 23.8 Å². The molecule has 0 fully saturated rings. The average molecular weight is 720 g/mol. The molecule has 1 unspecified atom stereocenters. The summed E-state index contributed by atoms with van der Waals surface area (Å²) in [6.07, 6.45) is 30.1. The number of allylic oxidation sites excluding steroid dienone is 2. The first-order chi connectivity index (χ1) is 23.6. The number of nitrogens with two attached hydrogens (primary N) is 1. The number of carbonyl (C=O) groups excluding carboxylic acids is 2. The van der Waals surface area contributed by atoms with Gasteiger partial charge in [0.2, 0.25) is 0 Å². The fourth-order valence-corrected chi connectivity index (χ4v) is 5.95. The minimum Gasteiger partial charge on any atom is -0.480 e. The number of aliphatic carboxylic acids is 1. The van der Waals surface area contributed by atoms with Crippen molar-refractivity contribution in [2.45, 2.75) is 187 Å². The Kier molecular flexibility index (Phi) is 32.2. The van der Waals surface area contributed by atoms with Gasteiger partial charge in [0.25, 0.3) is 0 Å². The molecule has 0 rings (SSSR count). The minimum absolute atomic E-state index is 0.163. The number of carbonyl (C=O) groups is 3. The highest BCUT2D eigenvalue weighted by atomic mass is 31.2. The van der Waals surface area contributed by atoms with E-state index < -0.39 is 51.1 Å². The maximum Gasteiger partial charge on any atom is 0.472 e. The van der Waals surface area contributed by atoms with Crippen molar-refractivity contribution in [1.29, 1.82) is 0 Å². The molecule has 0 amide bonds. The summed E-state index contributed by atoms with van der Waals surface area (Å²) < 4.78 is 32.5. The molecule has 0 aromatic heterocycles. The van der Waals surface area contributed by atoms with E-state index in [1.165, 1.54) is 89.9 Å². The second kappa shape index (κ2) is 33.4. The molecule has 0 aromatic rings. The zero-order chi connectivity index (χ0) is 36.4. The summed E-state index contributed by atoms with van der Waals surface area (Å²) in [6.45, 7) is 2.74. The zero-order valence-corrected chi connectivity index (χ0v) is 31.7. The number of hydrogen-bond acceptors (Lipinski definition) is 9. The number of phosphoric acid groups is 1. The van der Waals surface area contributed by atoms with E-state index in [0.29, 0.717) is 12.8 Å². The number of ether oxygens (including phenoxy) is 2. The van der Waals surface area contributed by atoms with Crippen molar-refractivity contribution in [3.05, 3.63) is 12.2 Å². The van der Waals surface area contributed by atoms with Crippen LogP contribution in [0.1, 0.15) is 174 Å². The van der Waals surface area contributed by atoms with Gasteiger partial charge in [-0.3, -0.25) is 23.4 Å². The Bertz CT molecular complexity index is 900. The summed E-state index contributed by atoms with van der Waals surface area (Å²) in [5, 5.41) is 8.84. The summed E-state index contributed by atoms with van der Waals surface area (Å²) in [7, 11) is -4.70. The maximum atomic E-state index is 12.5. The smallest absolute Gasteiger partial charge is 0.472 e. The molecule has 11 nitrogen and oxygen atoms in total. The molecule has 49 heavy (non-hydrogen) atoms. The van der Waals surface area contributed by atoms with Crippen LogP contribution in [0.15, 0.2) is 12.2 Å². The van der Waals surface area contributed by atoms with Crippen LogP contribution in [0.3, 0.4) is 0 Å². The fraction of sp³-hybridized carbons (Fsp3) is 0.865. The molecule has 288 valence electrons. The first-order valence-corrected chi connectivity index (χ1v) is 20.7. The van der Waals surface area contributed by atoms with E-state index >= 15 is 0 Å². The molecule has 0 bridgehead atoms. The van der Waals surface area contributed by atoms with Crippen LogP contribution in [0.2, 0.25) is 0 Å². The molecule has 0 aromatic carbocycles. The van der Waals surface area contributed by atoms with E-state index in [2.05, 4.69) is 30.5 Å². The molecule has 0 saturated carbocycles. The minimum atomic E-state index is -4.70. The van der Waals surface area contributed by atoms with Gasteiger partial charge in [0.15, 0.2) is 6.10 Å². The lowest BCUT2D eigenvalue weighted by molar-refractivity contribution is -0.161. The van der Waals surface area contributed by atoms with Crippen molar-refractivity contribution < 1.29 is 47.5 Å². The highest BCUT2D eigenvalue weighted by molar-refractivity contribution is 7.47. The second-order valence-corrected chi connectivity index (χ2v) is 14.5. The SMILES string of the molecule is CCCCCCCC/C=C/CCCCCCCCCC(=O)OC[C@@H](COP(=O)(O)OC[C@@H](N)C(=O)O)OC(=O)CCCCCCCCCC. The van der Waals surface area contributed by atoms with Crippen LogP contribution < -0.4 is 5.73 Å². The lowest BCUT2D eigenvalue weighted by atomic mass is 10.1. The van der Waals surface area contributed by atoms with Crippen molar-refractivity contribution in [3.8, 4) is 0 Å². The van der Waals surface area contributed by atoms with E-state index in [-0.39, 0.29) is 19.4 Å². The van der Waals surface area contributed by atoms with E-state index in [1.807, 2.05) is 0 Å². The van der Waals surface area contributed by atoms with Crippen molar-refractivity contribution in [3.63, 3.8) is 0 Å². The van der Waals surface area contributed by atoms with Gasteiger partial charge in [0.1, 0.15) is 12.6 Å². The monoisotopic (exact) mass is 719 g/mol. The fourth-order valence-electron chi connectivity index (χ4n) is 5.18. The van der Waals surface area contributed by atoms with Crippen LogP contribution in [0.4, 0.5) is 0 Å². The number of rotatable bonds is 36. The highest BCUT2D eigenvalue weighted by Gasteiger charge is 2.28. The number of hydrogen-bond donors (Lipinski definition) is 3. The van der Waals surface area contributed by atoms with Crippen LogP contribution in [0.5, 0.6) is 0 Å². The largest absolute Gasteiger partial charge is 0.480 e. The van der Waals surface area contributed by atoms with Crippen molar-refractivity contribution in [2.24, 2.45) is 5.73 Å². The topological polar surface area (TPSA) is 172 Å². The summed E-state index contributed by atoms with van der Waals surface area (Å²) in [5.41, 5.74) is 5.30. The van der Waals surface area contributed by atoms with Crippen molar-refractivity contribution >= 4 is 25.7 Å². The Hall–Kier alpha value is -1.78. The van der Waals surface area contributed by atoms with Crippen LogP contribution in [-0.2, 0) is 37.5 Å². The first kappa shape index (κ1) is 47.2. The zero-order valence-electron chi connectivity index (χ0n) is 30.8. The average Bonchev–Trinajstić information content (AvgIpc) is 3.07. The third kappa shape index (κ3) is 33.1. The molecule has 12 heteroatoms. The Morgan fingerprint density at radius 3 is 1.49 bits per heavy atom. The third-order valence-corrected chi connectivity index (χ3v) is 9.21. The number of unbranched alkanes of at least 4 members (excludes halogenated alkanes) is 20. The molecular weight excluding hydrogens is 649 g/mol. The van der Waals surface area contributed by atoms with Crippen LogP contribution in [-0.4, -0.2) is 59.9 Å².